The summed E-state index contributed by atoms with van der Waals surface area (Å²) in [5.74, 6) is 0.134. The second kappa shape index (κ2) is 9.77. The molecule has 0 bridgehead atoms. The lowest BCUT2D eigenvalue weighted by atomic mass is 9.94. The first-order valence-corrected chi connectivity index (χ1v) is 7.15. The number of carbonyl (C=O) groups excluding carboxylic acids is 1. The number of halogens is 1. The first-order chi connectivity index (χ1) is 9.53. The highest BCUT2D eigenvalue weighted by Crippen LogP contribution is 2.22. The third-order valence-electron chi connectivity index (χ3n) is 3.50. The summed E-state index contributed by atoms with van der Waals surface area (Å²) >= 11 is 0. The summed E-state index contributed by atoms with van der Waals surface area (Å²) in [5.41, 5.74) is 7.93. The van der Waals surface area contributed by atoms with Crippen LogP contribution in [0.2, 0.25) is 0 Å². The first kappa shape index (κ1) is 19.9. The Morgan fingerprint density at radius 3 is 2.24 bits per heavy atom. The fraction of sp³-hybridized carbons (Fsp3) is 0.562. The highest BCUT2D eigenvalue weighted by atomic mass is 35.5. The van der Waals surface area contributed by atoms with E-state index in [0.29, 0.717) is 5.92 Å². The zero-order valence-corrected chi connectivity index (χ0v) is 14.1. The molecular weight excluding hydrogens is 288 g/mol. The molecule has 120 valence electrons. The smallest absolute Gasteiger partial charge is 0.250 e. The lowest BCUT2D eigenvalue weighted by molar-refractivity contribution is -0.131. The quantitative estimate of drug-likeness (QED) is 0.812. The molecule has 4 nitrogen and oxygen atoms in total. The van der Waals surface area contributed by atoms with Crippen LogP contribution in [0.25, 0.3) is 0 Å². The predicted octanol–water partition coefficient (Wildman–Crippen LogP) is 2.46. The first-order valence-electron chi connectivity index (χ1n) is 7.15. The second-order valence-electron chi connectivity index (χ2n) is 5.29. The van der Waals surface area contributed by atoms with Gasteiger partial charge in [0.15, 0.2) is 0 Å². The maximum atomic E-state index is 12.1. The Labute approximate surface area is 133 Å². The second-order valence-corrected chi connectivity index (χ2v) is 5.29. The van der Waals surface area contributed by atoms with E-state index in [9.17, 15) is 4.79 Å². The fourth-order valence-electron chi connectivity index (χ4n) is 2.15. The Balaban J connectivity index is 0.00000400. The van der Waals surface area contributed by atoms with Crippen LogP contribution in [0.15, 0.2) is 24.3 Å². The van der Waals surface area contributed by atoms with E-state index in [2.05, 4.69) is 50.4 Å². The van der Waals surface area contributed by atoms with Gasteiger partial charge in [-0.05, 0) is 23.5 Å². The number of ether oxygens (including phenoxy) is 1. The van der Waals surface area contributed by atoms with Gasteiger partial charge >= 0.3 is 0 Å². The molecule has 0 aliphatic rings. The minimum absolute atomic E-state index is 0. The van der Waals surface area contributed by atoms with Gasteiger partial charge in [0, 0.05) is 13.7 Å². The zero-order chi connectivity index (χ0) is 15.1. The Morgan fingerprint density at radius 2 is 1.86 bits per heavy atom. The molecule has 1 amide bonds. The Morgan fingerprint density at radius 1 is 1.29 bits per heavy atom. The van der Waals surface area contributed by atoms with E-state index in [4.69, 9.17) is 10.5 Å². The van der Waals surface area contributed by atoms with E-state index in [1.165, 1.54) is 12.7 Å². The number of rotatable bonds is 7. The van der Waals surface area contributed by atoms with Crippen molar-refractivity contribution >= 4 is 18.3 Å². The number of amides is 1. The molecule has 0 aliphatic heterocycles. The van der Waals surface area contributed by atoms with Crippen molar-refractivity contribution in [2.45, 2.75) is 39.3 Å². The largest absolute Gasteiger partial charge is 0.370 e. The summed E-state index contributed by atoms with van der Waals surface area (Å²) in [6.07, 6.45) is 0.420. The van der Waals surface area contributed by atoms with Crippen LogP contribution in [0.3, 0.4) is 0 Å². The summed E-state index contributed by atoms with van der Waals surface area (Å²) in [6.45, 7) is 6.48. The van der Waals surface area contributed by atoms with Crippen molar-refractivity contribution in [2.75, 3.05) is 13.7 Å². The molecule has 1 rings (SSSR count). The molecule has 0 aliphatic carbocycles. The van der Waals surface area contributed by atoms with Gasteiger partial charge in [-0.15, -0.1) is 12.4 Å². The summed E-state index contributed by atoms with van der Waals surface area (Å²) in [5, 5.41) is 3.03. The van der Waals surface area contributed by atoms with Crippen LogP contribution in [-0.4, -0.2) is 25.7 Å². The predicted molar refractivity (Wildman–Crippen MR) is 88.6 cm³/mol. The van der Waals surface area contributed by atoms with Crippen molar-refractivity contribution in [3.05, 3.63) is 35.4 Å². The average molecular weight is 315 g/mol. The number of carbonyl (C=O) groups is 1. The highest BCUT2D eigenvalue weighted by molar-refractivity contribution is 5.85. The molecule has 0 radical (unpaired) electrons. The molecule has 2 atom stereocenters. The van der Waals surface area contributed by atoms with Crippen LogP contribution in [-0.2, 0) is 16.0 Å². The molecular formula is C16H27ClN2O2. The minimum Gasteiger partial charge on any atom is -0.370 e. The van der Waals surface area contributed by atoms with Crippen LogP contribution in [0.4, 0.5) is 0 Å². The number of nitrogens with two attached hydrogens (primary N) is 1. The van der Waals surface area contributed by atoms with Crippen molar-refractivity contribution in [1.82, 2.24) is 5.32 Å². The van der Waals surface area contributed by atoms with Crippen molar-refractivity contribution < 1.29 is 9.53 Å². The van der Waals surface area contributed by atoms with Crippen molar-refractivity contribution in [3.63, 3.8) is 0 Å². The maximum Gasteiger partial charge on any atom is 0.250 e. The monoisotopic (exact) mass is 314 g/mol. The van der Waals surface area contributed by atoms with Crippen LogP contribution in [0.5, 0.6) is 0 Å². The molecule has 0 fully saturated rings. The molecule has 0 spiro atoms. The van der Waals surface area contributed by atoms with Gasteiger partial charge in [-0.1, -0.05) is 45.0 Å². The van der Waals surface area contributed by atoms with Gasteiger partial charge in [0.05, 0.1) is 6.04 Å². The fourth-order valence-corrected chi connectivity index (χ4v) is 2.15. The zero-order valence-electron chi connectivity index (χ0n) is 13.3. The Hall–Kier alpha value is -1.10. The molecule has 0 saturated carbocycles. The normalized spacial score (nSPS) is 13.4. The number of benzene rings is 1. The van der Waals surface area contributed by atoms with Crippen molar-refractivity contribution in [1.29, 1.82) is 0 Å². The van der Waals surface area contributed by atoms with Gasteiger partial charge < -0.3 is 15.8 Å². The highest BCUT2D eigenvalue weighted by Gasteiger charge is 2.23. The lowest BCUT2D eigenvalue weighted by Gasteiger charge is -2.25. The van der Waals surface area contributed by atoms with Crippen molar-refractivity contribution in [3.8, 4) is 0 Å². The molecule has 2 unspecified atom stereocenters. The van der Waals surface area contributed by atoms with Crippen LogP contribution >= 0.6 is 12.4 Å². The third kappa shape index (κ3) is 5.65. The summed E-state index contributed by atoms with van der Waals surface area (Å²) < 4.78 is 5.08. The van der Waals surface area contributed by atoms with E-state index >= 15 is 0 Å². The van der Waals surface area contributed by atoms with Crippen molar-refractivity contribution in [2.24, 2.45) is 11.7 Å². The minimum atomic E-state index is -0.592. The number of aryl methyl sites for hydroxylation is 1. The molecule has 0 heterocycles. The molecule has 5 heteroatoms. The third-order valence-corrected chi connectivity index (χ3v) is 3.50. The number of methoxy groups -OCH3 is 1. The maximum absolute atomic E-state index is 12.1. The van der Waals surface area contributed by atoms with Crippen LogP contribution in [0.1, 0.15) is 37.9 Å². The van der Waals surface area contributed by atoms with E-state index in [1.807, 2.05) is 0 Å². The number of nitrogens with one attached hydrogen (secondary N) is 1. The molecule has 21 heavy (non-hydrogen) atoms. The molecule has 3 N–H and O–H groups in total. The van der Waals surface area contributed by atoms with Crippen LogP contribution < -0.4 is 11.1 Å². The molecule has 1 aromatic rings. The van der Waals surface area contributed by atoms with Gasteiger partial charge in [0.25, 0.3) is 5.91 Å². The average Bonchev–Trinajstić information content (AvgIpc) is 2.46. The standard InChI is InChI=1S/C16H26N2O2.ClH/c1-5-12-6-8-13(9-7-12)15(11(2)3)18-16(19)14(10-17)20-4;/h6-9,11,14-15H,5,10,17H2,1-4H3,(H,18,19);1H. The van der Waals surface area contributed by atoms with Gasteiger partial charge in [0.1, 0.15) is 6.10 Å². The number of hydrogen-bond acceptors (Lipinski definition) is 3. The van der Waals surface area contributed by atoms with E-state index < -0.39 is 6.10 Å². The van der Waals surface area contributed by atoms with E-state index in [1.54, 1.807) is 0 Å². The summed E-state index contributed by atoms with van der Waals surface area (Å²) in [7, 11) is 1.50. The number of hydrogen-bond donors (Lipinski definition) is 2. The summed E-state index contributed by atoms with van der Waals surface area (Å²) in [6, 6.07) is 8.33. The molecule has 1 aromatic carbocycles. The lowest BCUT2D eigenvalue weighted by Crippen LogP contribution is -2.43. The topological polar surface area (TPSA) is 64.4 Å². The summed E-state index contributed by atoms with van der Waals surface area (Å²) in [4.78, 5) is 12.1. The molecule has 0 aromatic heterocycles. The van der Waals surface area contributed by atoms with Gasteiger partial charge in [-0.25, -0.2) is 0 Å². The van der Waals surface area contributed by atoms with Gasteiger partial charge in [0.2, 0.25) is 0 Å². The van der Waals surface area contributed by atoms with Gasteiger partial charge in [-0.2, -0.15) is 0 Å². The van der Waals surface area contributed by atoms with E-state index in [-0.39, 0.29) is 30.9 Å². The van der Waals surface area contributed by atoms with E-state index in [0.717, 1.165) is 12.0 Å². The Bertz CT molecular complexity index is 417. The Kier molecular flexibility index (Phi) is 9.26. The van der Waals surface area contributed by atoms with Crippen LogP contribution in [0, 0.1) is 5.92 Å². The van der Waals surface area contributed by atoms with Gasteiger partial charge in [-0.3, -0.25) is 4.79 Å². The molecule has 0 saturated heterocycles. The SMILES string of the molecule is CCc1ccc(C(NC(=O)C(CN)OC)C(C)C)cc1.Cl.